The molecule has 1 aliphatic rings. The molecule has 4 nitrogen and oxygen atoms in total. The average molecular weight is 403 g/mol. The fourth-order valence-corrected chi connectivity index (χ4v) is 4.51. The topological polar surface area (TPSA) is 40.6 Å². The highest BCUT2D eigenvalue weighted by Gasteiger charge is 2.33. The van der Waals surface area contributed by atoms with E-state index in [9.17, 15) is 9.59 Å². The van der Waals surface area contributed by atoms with Gasteiger partial charge in [-0.15, -0.1) is 17.9 Å². The summed E-state index contributed by atoms with van der Waals surface area (Å²) in [6.45, 7) is 6.59. The first-order chi connectivity index (χ1) is 13.0. The van der Waals surface area contributed by atoms with Crippen LogP contribution in [0.15, 0.2) is 48.4 Å². The van der Waals surface area contributed by atoms with Crippen molar-refractivity contribution in [2.75, 3.05) is 19.6 Å². The lowest BCUT2D eigenvalue weighted by Gasteiger charge is -2.37. The number of rotatable bonds is 6. The number of nitrogens with zero attached hydrogens (tertiary/aromatic N) is 2. The number of thiophene rings is 1. The van der Waals surface area contributed by atoms with Crippen molar-refractivity contribution < 1.29 is 9.59 Å². The summed E-state index contributed by atoms with van der Waals surface area (Å²) in [4.78, 5) is 30.1. The first-order valence-corrected chi connectivity index (χ1v) is 10.3. The van der Waals surface area contributed by atoms with Crippen molar-refractivity contribution in [1.29, 1.82) is 0 Å². The van der Waals surface area contributed by atoms with Gasteiger partial charge in [0.2, 0.25) is 11.8 Å². The third kappa shape index (κ3) is 4.25. The minimum absolute atomic E-state index is 0.0421. The fraction of sp³-hybridized carbons (Fsp3) is 0.333. The van der Waals surface area contributed by atoms with Crippen LogP contribution >= 0.6 is 22.9 Å². The van der Waals surface area contributed by atoms with Gasteiger partial charge >= 0.3 is 0 Å². The van der Waals surface area contributed by atoms with E-state index in [4.69, 9.17) is 11.6 Å². The molecule has 1 unspecified atom stereocenters. The molecule has 6 heteroatoms. The first kappa shape index (κ1) is 19.6. The van der Waals surface area contributed by atoms with Crippen LogP contribution in [0.3, 0.4) is 0 Å². The van der Waals surface area contributed by atoms with Crippen LogP contribution in [-0.4, -0.2) is 41.2 Å². The van der Waals surface area contributed by atoms with Crippen LogP contribution in [0.2, 0.25) is 5.02 Å². The number of benzene rings is 1. The zero-order chi connectivity index (χ0) is 19.4. The predicted molar refractivity (Wildman–Crippen MR) is 110 cm³/mol. The molecule has 0 radical (unpaired) electrons. The number of amides is 2. The molecule has 0 N–H and O–H groups in total. The highest BCUT2D eigenvalue weighted by molar-refractivity contribution is 7.10. The molecule has 27 heavy (non-hydrogen) atoms. The second-order valence-corrected chi connectivity index (χ2v) is 7.94. The average Bonchev–Trinajstić information content (AvgIpc) is 3.15. The number of fused-ring (bicyclic) bond motifs is 1. The molecule has 0 saturated carbocycles. The van der Waals surface area contributed by atoms with Gasteiger partial charge in [-0.2, -0.15) is 0 Å². The SMILES string of the molecule is C=CCN(CC(=O)N1CCc2sccc2C1c1ccc(Cl)cc1)C(=O)CC. The van der Waals surface area contributed by atoms with Gasteiger partial charge in [0.05, 0.1) is 6.04 Å². The molecule has 2 amide bonds. The second kappa shape index (κ2) is 8.72. The van der Waals surface area contributed by atoms with E-state index in [2.05, 4.69) is 18.0 Å². The molecule has 142 valence electrons. The predicted octanol–water partition coefficient (Wildman–Crippen LogP) is 4.30. The molecule has 3 rings (SSSR count). The maximum atomic E-state index is 13.2. The maximum Gasteiger partial charge on any atom is 0.243 e. The quantitative estimate of drug-likeness (QED) is 0.676. The summed E-state index contributed by atoms with van der Waals surface area (Å²) in [6, 6.07) is 9.59. The Balaban J connectivity index is 1.90. The zero-order valence-electron chi connectivity index (χ0n) is 15.4. The highest BCUT2D eigenvalue weighted by atomic mass is 35.5. The van der Waals surface area contributed by atoms with Gasteiger partial charge in [0.15, 0.2) is 0 Å². The van der Waals surface area contributed by atoms with Gasteiger partial charge in [0.1, 0.15) is 6.54 Å². The van der Waals surface area contributed by atoms with Crippen LogP contribution in [0.4, 0.5) is 0 Å². The van der Waals surface area contributed by atoms with Gasteiger partial charge in [-0.05, 0) is 41.1 Å². The van der Waals surface area contributed by atoms with Crippen LogP contribution in [-0.2, 0) is 16.0 Å². The van der Waals surface area contributed by atoms with Crippen molar-refractivity contribution in [1.82, 2.24) is 9.80 Å². The van der Waals surface area contributed by atoms with Gasteiger partial charge in [-0.1, -0.05) is 36.7 Å². The molecule has 2 heterocycles. The molecule has 0 spiro atoms. The largest absolute Gasteiger partial charge is 0.330 e. The fourth-order valence-electron chi connectivity index (χ4n) is 3.48. The molecule has 0 aliphatic carbocycles. The Labute approximate surface area is 169 Å². The second-order valence-electron chi connectivity index (χ2n) is 6.51. The van der Waals surface area contributed by atoms with E-state index in [0.717, 1.165) is 12.0 Å². The van der Waals surface area contributed by atoms with Crippen molar-refractivity contribution in [2.24, 2.45) is 0 Å². The summed E-state index contributed by atoms with van der Waals surface area (Å²) in [5.74, 6) is -0.0880. The standard InChI is InChI=1S/C21H23ClN2O2S/c1-3-11-23(19(25)4-2)14-20(26)24-12-9-18-17(10-13-27-18)21(24)15-5-7-16(22)8-6-15/h3,5-8,10,13,21H,1,4,9,11-12,14H2,2H3. The van der Waals surface area contributed by atoms with E-state index < -0.39 is 0 Å². The van der Waals surface area contributed by atoms with E-state index >= 15 is 0 Å². The Morgan fingerprint density at radius 3 is 2.74 bits per heavy atom. The van der Waals surface area contributed by atoms with Crippen LogP contribution in [0.25, 0.3) is 0 Å². The van der Waals surface area contributed by atoms with Gasteiger partial charge in [-0.3, -0.25) is 9.59 Å². The zero-order valence-corrected chi connectivity index (χ0v) is 16.9. The first-order valence-electron chi connectivity index (χ1n) is 9.05. The Hall–Kier alpha value is -2.11. The summed E-state index contributed by atoms with van der Waals surface area (Å²) in [7, 11) is 0. The molecular formula is C21H23ClN2O2S. The molecule has 2 aromatic rings. The van der Waals surface area contributed by atoms with Gasteiger partial charge in [-0.25, -0.2) is 0 Å². The lowest BCUT2D eigenvalue weighted by Crippen LogP contribution is -2.46. The highest BCUT2D eigenvalue weighted by Crippen LogP contribution is 2.38. The Kier molecular flexibility index (Phi) is 6.34. The molecule has 1 aromatic heterocycles. The molecule has 0 fully saturated rings. The van der Waals surface area contributed by atoms with Gasteiger partial charge in [0.25, 0.3) is 0 Å². The number of carbonyl (C=O) groups excluding carboxylic acids is 2. The number of halogens is 1. The molecule has 0 saturated heterocycles. The third-order valence-electron chi connectivity index (χ3n) is 4.80. The van der Waals surface area contributed by atoms with Crippen LogP contribution in [0.1, 0.15) is 35.4 Å². The number of carbonyl (C=O) groups is 2. The van der Waals surface area contributed by atoms with Crippen molar-refractivity contribution in [3.8, 4) is 0 Å². The molecule has 1 atom stereocenters. The van der Waals surface area contributed by atoms with Crippen LogP contribution in [0, 0.1) is 0 Å². The molecule has 1 aliphatic heterocycles. The number of hydrogen-bond acceptors (Lipinski definition) is 3. The smallest absolute Gasteiger partial charge is 0.243 e. The minimum atomic E-state index is -0.146. The lowest BCUT2D eigenvalue weighted by molar-refractivity contribution is -0.141. The Morgan fingerprint density at radius 2 is 2.07 bits per heavy atom. The monoisotopic (exact) mass is 402 g/mol. The summed E-state index contributed by atoms with van der Waals surface area (Å²) >= 11 is 7.78. The third-order valence-corrected chi connectivity index (χ3v) is 6.05. The van der Waals surface area contributed by atoms with Crippen LogP contribution < -0.4 is 0 Å². The normalized spacial score (nSPS) is 15.9. The van der Waals surface area contributed by atoms with Crippen molar-refractivity contribution in [3.63, 3.8) is 0 Å². The summed E-state index contributed by atoms with van der Waals surface area (Å²) in [6.07, 6.45) is 2.87. The minimum Gasteiger partial charge on any atom is -0.330 e. The summed E-state index contributed by atoms with van der Waals surface area (Å²) < 4.78 is 0. The van der Waals surface area contributed by atoms with Crippen molar-refractivity contribution >= 4 is 34.8 Å². The Morgan fingerprint density at radius 1 is 1.33 bits per heavy atom. The summed E-state index contributed by atoms with van der Waals surface area (Å²) in [5.41, 5.74) is 2.20. The van der Waals surface area contributed by atoms with Crippen LogP contribution in [0.5, 0.6) is 0 Å². The van der Waals surface area contributed by atoms with E-state index in [1.54, 1.807) is 29.2 Å². The van der Waals surface area contributed by atoms with E-state index in [-0.39, 0.29) is 24.4 Å². The lowest BCUT2D eigenvalue weighted by atomic mass is 9.93. The van der Waals surface area contributed by atoms with Crippen molar-refractivity contribution in [2.45, 2.75) is 25.8 Å². The number of hydrogen-bond donors (Lipinski definition) is 0. The molecule has 1 aromatic carbocycles. The van der Waals surface area contributed by atoms with Gasteiger partial charge < -0.3 is 9.80 Å². The van der Waals surface area contributed by atoms with E-state index in [1.807, 2.05) is 29.2 Å². The molecule has 0 bridgehead atoms. The molecular weight excluding hydrogens is 380 g/mol. The maximum absolute atomic E-state index is 13.2. The van der Waals surface area contributed by atoms with E-state index in [1.165, 1.54) is 10.4 Å². The van der Waals surface area contributed by atoms with Gasteiger partial charge in [0, 0.05) is 29.4 Å². The Bertz CT molecular complexity index is 831. The van der Waals surface area contributed by atoms with Crippen molar-refractivity contribution in [3.05, 3.63) is 69.4 Å². The summed E-state index contributed by atoms with van der Waals surface area (Å²) in [5, 5.41) is 2.75. The van der Waals surface area contributed by atoms with E-state index in [0.29, 0.717) is 24.5 Å².